The van der Waals surface area contributed by atoms with Crippen molar-refractivity contribution in [3.63, 3.8) is 0 Å². The molecule has 4 heteroatoms. The third-order valence-electron chi connectivity index (χ3n) is 3.47. The molecule has 2 rings (SSSR count). The van der Waals surface area contributed by atoms with Crippen molar-refractivity contribution >= 4 is 0 Å². The predicted molar refractivity (Wildman–Crippen MR) is 73.2 cm³/mol. The summed E-state index contributed by atoms with van der Waals surface area (Å²) in [5, 5.41) is 3.32. The zero-order valence-electron chi connectivity index (χ0n) is 11.5. The number of methoxy groups -OCH3 is 1. The summed E-state index contributed by atoms with van der Waals surface area (Å²) in [6, 6.07) is 5.07. The lowest BCUT2D eigenvalue weighted by atomic mass is 9.90. The Bertz CT molecular complexity index is 392. The standard InChI is InChI=1S/C15H22FNO2/c1-18-7-2-8-19-15-10-13(9-14(16)11-15)12-3-5-17-6-4-12/h9-12,17H,2-8H2,1H3. The molecule has 0 radical (unpaired) electrons. The molecule has 1 heterocycles. The van der Waals surface area contributed by atoms with E-state index in [4.69, 9.17) is 9.47 Å². The monoisotopic (exact) mass is 267 g/mol. The maximum absolute atomic E-state index is 13.6. The number of nitrogens with one attached hydrogen (secondary N) is 1. The zero-order valence-corrected chi connectivity index (χ0v) is 11.5. The number of hydrogen-bond acceptors (Lipinski definition) is 3. The second-order valence-corrected chi connectivity index (χ2v) is 4.94. The van der Waals surface area contributed by atoms with Crippen molar-refractivity contribution in [2.24, 2.45) is 0 Å². The third kappa shape index (κ3) is 4.48. The number of ether oxygens (including phenoxy) is 2. The molecule has 1 aliphatic rings. The molecule has 0 aliphatic carbocycles. The van der Waals surface area contributed by atoms with E-state index in [0.29, 0.717) is 24.9 Å². The molecule has 0 amide bonds. The Morgan fingerprint density at radius 2 is 2.00 bits per heavy atom. The van der Waals surface area contributed by atoms with E-state index in [9.17, 15) is 4.39 Å². The maximum atomic E-state index is 13.6. The number of benzene rings is 1. The van der Waals surface area contributed by atoms with Gasteiger partial charge in [0, 0.05) is 26.2 Å². The van der Waals surface area contributed by atoms with Crippen LogP contribution < -0.4 is 10.1 Å². The molecular formula is C15H22FNO2. The van der Waals surface area contributed by atoms with Gasteiger partial charge in [-0.05, 0) is 49.5 Å². The number of halogens is 1. The van der Waals surface area contributed by atoms with Crippen LogP contribution in [0.1, 0.15) is 30.7 Å². The zero-order chi connectivity index (χ0) is 13.5. The van der Waals surface area contributed by atoms with Crippen LogP contribution in [0, 0.1) is 5.82 Å². The highest BCUT2D eigenvalue weighted by molar-refractivity contribution is 5.32. The Hall–Kier alpha value is -1.13. The first-order valence-electron chi connectivity index (χ1n) is 6.92. The molecule has 0 unspecified atom stereocenters. The van der Waals surface area contributed by atoms with Crippen molar-refractivity contribution < 1.29 is 13.9 Å². The first-order chi connectivity index (χ1) is 9.29. The van der Waals surface area contributed by atoms with E-state index in [-0.39, 0.29) is 5.82 Å². The molecule has 0 atom stereocenters. The van der Waals surface area contributed by atoms with Crippen LogP contribution in [0.3, 0.4) is 0 Å². The van der Waals surface area contributed by atoms with Crippen LogP contribution in [0.15, 0.2) is 18.2 Å². The fourth-order valence-corrected chi connectivity index (χ4v) is 2.45. The molecular weight excluding hydrogens is 245 g/mol. The number of piperidine rings is 1. The minimum atomic E-state index is -0.210. The Balaban J connectivity index is 1.97. The van der Waals surface area contributed by atoms with Crippen molar-refractivity contribution in [1.29, 1.82) is 0 Å². The summed E-state index contributed by atoms with van der Waals surface area (Å²) in [7, 11) is 1.66. The van der Waals surface area contributed by atoms with Crippen molar-refractivity contribution in [3.8, 4) is 5.75 Å². The van der Waals surface area contributed by atoms with Gasteiger partial charge in [0.15, 0.2) is 0 Å². The molecule has 0 spiro atoms. The molecule has 0 aromatic heterocycles. The molecule has 1 fully saturated rings. The van der Waals surface area contributed by atoms with Gasteiger partial charge in [0.05, 0.1) is 6.61 Å². The Kier molecular flexibility index (Phi) is 5.61. The van der Waals surface area contributed by atoms with Gasteiger partial charge in [-0.3, -0.25) is 0 Å². The summed E-state index contributed by atoms with van der Waals surface area (Å²) in [6.07, 6.45) is 2.94. The van der Waals surface area contributed by atoms with Gasteiger partial charge in [-0.1, -0.05) is 0 Å². The summed E-state index contributed by atoms with van der Waals surface area (Å²) >= 11 is 0. The van der Waals surface area contributed by atoms with Crippen LogP contribution in [0.4, 0.5) is 4.39 Å². The first-order valence-corrected chi connectivity index (χ1v) is 6.92. The van der Waals surface area contributed by atoms with Crippen molar-refractivity contribution in [2.75, 3.05) is 33.4 Å². The quantitative estimate of drug-likeness (QED) is 0.804. The van der Waals surface area contributed by atoms with Gasteiger partial charge in [0.2, 0.25) is 0 Å². The van der Waals surface area contributed by atoms with Gasteiger partial charge in [0.25, 0.3) is 0 Å². The molecule has 106 valence electrons. The third-order valence-corrected chi connectivity index (χ3v) is 3.47. The van der Waals surface area contributed by atoms with Crippen LogP contribution in [-0.2, 0) is 4.74 Å². The fourth-order valence-electron chi connectivity index (χ4n) is 2.45. The highest BCUT2D eigenvalue weighted by Crippen LogP contribution is 2.29. The Morgan fingerprint density at radius 3 is 2.74 bits per heavy atom. The van der Waals surface area contributed by atoms with Crippen LogP contribution in [-0.4, -0.2) is 33.4 Å². The lowest BCUT2D eigenvalue weighted by Gasteiger charge is -2.23. The van der Waals surface area contributed by atoms with E-state index < -0.39 is 0 Å². The lowest BCUT2D eigenvalue weighted by molar-refractivity contribution is 0.172. The topological polar surface area (TPSA) is 30.5 Å². The fraction of sp³-hybridized carbons (Fsp3) is 0.600. The van der Waals surface area contributed by atoms with E-state index >= 15 is 0 Å². The summed E-state index contributed by atoms with van der Waals surface area (Å²) in [6.45, 7) is 3.23. The predicted octanol–water partition coefficient (Wildman–Crippen LogP) is 2.71. The lowest BCUT2D eigenvalue weighted by Crippen LogP contribution is -2.26. The average molecular weight is 267 g/mol. The molecule has 1 N–H and O–H groups in total. The molecule has 0 bridgehead atoms. The largest absolute Gasteiger partial charge is 0.493 e. The van der Waals surface area contributed by atoms with Crippen molar-refractivity contribution in [2.45, 2.75) is 25.2 Å². The molecule has 0 saturated carbocycles. The molecule has 1 aromatic rings. The van der Waals surface area contributed by atoms with Gasteiger partial charge < -0.3 is 14.8 Å². The molecule has 19 heavy (non-hydrogen) atoms. The van der Waals surface area contributed by atoms with Crippen LogP contribution in [0.2, 0.25) is 0 Å². The first kappa shape index (κ1) is 14.3. The van der Waals surface area contributed by atoms with E-state index in [1.54, 1.807) is 13.2 Å². The second-order valence-electron chi connectivity index (χ2n) is 4.94. The van der Waals surface area contributed by atoms with Crippen molar-refractivity contribution in [3.05, 3.63) is 29.6 Å². The average Bonchev–Trinajstić information content (AvgIpc) is 2.44. The Morgan fingerprint density at radius 1 is 1.21 bits per heavy atom. The Labute approximate surface area is 114 Å². The molecule has 3 nitrogen and oxygen atoms in total. The number of rotatable bonds is 6. The van der Waals surface area contributed by atoms with E-state index in [1.165, 1.54) is 6.07 Å². The summed E-state index contributed by atoms with van der Waals surface area (Å²) in [5.74, 6) is 0.862. The minimum absolute atomic E-state index is 0.210. The maximum Gasteiger partial charge on any atom is 0.127 e. The summed E-state index contributed by atoms with van der Waals surface area (Å²) in [4.78, 5) is 0. The summed E-state index contributed by atoms with van der Waals surface area (Å²) < 4.78 is 24.2. The van der Waals surface area contributed by atoms with Gasteiger partial charge in [-0.15, -0.1) is 0 Å². The van der Waals surface area contributed by atoms with Gasteiger partial charge in [0.1, 0.15) is 11.6 Å². The molecule has 1 aliphatic heterocycles. The van der Waals surface area contributed by atoms with Crippen LogP contribution in [0.25, 0.3) is 0 Å². The summed E-state index contributed by atoms with van der Waals surface area (Å²) in [5.41, 5.74) is 1.06. The van der Waals surface area contributed by atoms with Crippen LogP contribution >= 0.6 is 0 Å². The van der Waals surface area contributed by atoms with Crippen LogP contribution in [0.5, 0.6) is 5.75 Å². The SMILES string of the molecule is COCCCOc1cc(F)cc(C2CCNCC2)c1. The van der Waals surface area contributed by atoms with E-state index in [1.807, 2.05) is 6.07 Å². The van der Waals surface area contributed by atoms with Gasteiger partial charge >= 0.3 is 0 Å². The molecule has 1 aromatic carbocycles. The number of hydrogen-bond donors (Lipinski definition) is 1. The highest BCUT2D eigenvalue weighted by Gasteiger charge is 2.16. The minimum Gasteiger partial charge on any atom is -0.493 e. The second kappa shape index (κ2) is 7.46. The van der Waals surface area contributed by atoms with Gasteiger partial charge in [-0.2, -0.15) is 0 Å². The van der Waals surface area contributed by atoms with Gasteiger partial charge in [-0.25, -0.2) is 4.39 Å². The van der Waals surface area contributed by atoms with E-state index in [2.05, 4.69) is 5.32 Å². The van der Waals surface area contributed by atoms with Crippen molar-refractivity contribution in [1.82, 2.24) is 5.32 Å². The van der Waals surface area contributed by atoms with E-state index in [0.717, 1.165) is 37.9 Å². The molecule has 1 saturated heterocycles. The highest BCUT2D eigenvalue weighted by atomic mass is 19.1. The normalized spacial score (nSPS) is 16.5. The smallest absolute Gasteiger partial charge is 0.127 e.